The zero-order chi connectivity index (χ0) is 18.5. The molecular weight excluding hydrogens is 370 g/mol. The SMILES string of the molecule is COc1cc(OC)cc(N2CC(C(=O)NCC3CCCNC3)CC2=O)c1.Cl. The molecule has 2 N–H and O–H groups in total. The number of methoxy groups -OCH3 is 2. The summed E-state index contributed by atoms with van der Waals surface area (Å²) in [6.07, 6.45) is 2.51. The molecule has 0 bridgehead atoms. The van der Waals surface area contributed by atoms with Gasteiger partial charge in [0.15, 0.2) is 0 Å². The zero-order valence-electron chi connectivity index (χ0n) is 15.8. The van der Waals surface area contributed by atoms with Crippen molar-refractivity contribution < 1.29 is 19.1 Å². The monoisotopic (exact) mass is 397 g/mol. The third kappa shape index (κ3) is 5.26. The minimum atomic E-state index is -0.323. The molecule has 1 aromatic carbocycles. The molecule has 1 aromatic rings. The Kier molecular flexibility index (Phi) is 7.74. The molecule has 0 radical (unpaired) electrons. The normalized spacial score (nSPS) is 22.1. The highest BCUT2D eigenvalue weighted by Gasteiger charge is 2.35. The van der Waals surface area contributed by atoms with E-state index in [4.69, 9.17) is 9.47 Å². The summed E-state index contributed by atoms with van der Waals surface area (Å²) in [7, 11) is 3.14. The summed E-state index contributed by atoms with van der Waals surface area (Å²) in [6, 6.07) is 5.33. The number of hydrogen-bond acceptors (Lipinski definition) is 5. The van der Waals surface area contributed by atoms with Crippen molar-refractivity contribution in [2.24, 2.45) is 11.8 Å². The zero-order valence-corrected chi connectivity index (χ0v) is 16.6. The van der Waals surface area contributed by atoms with Crippen molar-refractivity contribution >= 4 is 29.9 Å². The highest BCUT2D eigenvalue weighted by atomic mass is 35.5. The van der Waals surface area contributed by atoms with Gasteiger partial charge in [-0.15, -0.1) is 12.4 Å². The maximum atomic E-state index is 12.5. The lowest BCUT2D eigenvalue weighted by atomic mass is 9.99. The average Bonchev–Trinajstić information content (AvgIpc) is 3.08. The van der Waals surface area contributed by atoms with Gasteiger partial charge in [-0.05, 0) is 31.8 Å². The van der Waals surface area contributed by atoms with Gasteiger partial charge in [0.25, 0.3) is 0 Å². The highest BCUT2D eigenvalue weighted by Crippen LogP contribution is 2.32. The molecule has 27 heavy (non-hydrogen) atoms. The third-order valence-corrected chi connectivity index (χ3v) is 5.11. The number of halogens is 1. The van der Waals surface area contributed by atoms with Crippen LogP contribution in [0.15, 0.2) is 18.2 Å². The summed E-state index contributed by atoms with van der Waals surface area (Å²) in [5.74, 6) is 1.29. The first kappa shape index (κ1) is 21.3. The molecule has 0 aromatic heterocycles. The van der Waals surface area contributed by atoms with Gasteiger partial charge >= 0.3 is 0 Å². The second kappa shape index (κ2) is 9.80. The van der Waals surface area contributed by atoms with Crippen LogP contribution < -0.4 is 25.0 Å². The van der Waals surface area contributed by atoms with Crippen LogP contribution in [0.3, 0.4) is 0 Å². The number of nitrogens with one attached hydrogen (secondary N) is 2. The number of benzene rings is 1. The van der Waals surface area contributed by atoms with Crippen LogP contribution in [0.1, 0.15) is 19.3 Å². The van der Waals surface area contributed by atoms with Crippen molar-refractivity contribution in [3.05, 3.63) is 18.2 Å². The van der Waals surface area contributed by atoms with Crippen molar-refractivity contribution in [3.63, 3.8) is 0 Å². The fourth-order valence-corrected chi connectivity index (χ4v) is 3.57. The molecule has 8 heteroatoms. The fraction of sp³-hybridized carbons (Fsp3) is 0.579. The van der Waals surface area contributed by atoms with Crippen LogP contribution in [-0.2, 0) is 9.59 Å². The van der Waals surface area contributed by atoms with Crippen LogP contribution in [0.2, 0.25) is 0 Å². The summed E-state index contributed by atoms with van der Waals surface area (Å²) < 4.78 is 10.5. The average molecular weight is 398 g/mol. The van der Waals surface area contributed by atoms with Crippen LogP contribution >= 0.6 is 12.4 Å². The lowest BCUT2D eigenvalue weighted by Crippen LogP contribution is -2.40. The van der Waals surface area contributed by atoms with Gasteiger partial charge in [-0.1, -0.05) is 0 Å². The van der Waals surface area contributed by atoms with E-state index in [1.54, 1.807) is 37.3 Å². The molecule has 2 unspecified atom stereocenters. The van der Waals surface area contributed by atoms with Crippen LogP contribution in [0.25, 0.3) is 0 Å². The molecule has 2 aliphatic heterocycles. The molecule has 2 fully saturated rings. The van der Waals surface area contributed by atoms with Gasteiger partial charge in [0.05, 0.1) is 25.8 Å². The van der Waals surface area contributed by atoms with Crippen LogP contribution in [0.5, 0.6) is 11.5 Å². The fourth-order valence-electron chi connectivity index (χ4n) is 3.57. The lowest BCUT2D eigenvalue weighted by molar-refractivity contribution is -0.126. The number of hydrogen-bond donors (Lipinski definition) is 2. The van der Waals surface area contributed by atoms with E-state index in [-0.39, 0.29) is 36.6 Å². The quantitative estimate of drug-likeness (QED) is 0.762. The summed E-state index contributed by atoms with van der Waals surface area (Å²) in [5, 5.41) is 6.37. The number of anilines is 1. The van der Waals surface area contributed by atoms with E-state index < -0.39 is 0 Å². The van der Waals surface area contributed by atoms with E-state index in [0.29, 0.717) is 36.2 Å². The first-order chi connectivity index (χ1) is 12.6. The van der Waals surface area contributed by atoms with Crippen molar-refractivity contribution in [1.29, 1.82) is 0 Å². The third-order valence-electron chi connectivity index (χ3n) is 5.11. The van der Waals surface area contributed by atoms with Gasteiger partial charge in [0.1, 0.15) is 11.5 Å². The molecule has 3 rings (SSSR count). The largest absolute Gasteiger partial charge is 0.497 e. The summed E-state index contributed by atoms with van der Waals surface area (Å²) >= 11 is 0. The highest BCUT2D eigenvalue weighted by molar-refractivity contribution is 6.00. The van der Waals surface area contributed by atoms with Crippen molar-refractivity contribution in [2.75, 3.05) is 45.3 Å². The molecule has 0 aliphatic carbocycles. The Morgan fingerprint density at radius 2 is 1.96 bits per heavy atom. The number of rotatable bonds is 6. The number of nitrogens with zero attached hydrogens (tertiary/aromatic N) is 1. The number of amides is 2. The number of piperidine rings is 1. The summed E-state index contributed by atoms with van der Waals surface area (Å²) in [4.78, 5) is 26.6. The van der Waals surface area contributed by atoms with Crippen LogP contribution in [0.4, 0.5) is 5.69 Å². The van der Waals surface area contributed by atoms with Crippen molar-refractivity contribution in [3.8, 4) is 11.5 Å². The molecule has 2 atom stereocenters. The van der Waals surface area contributed by atoms with Crippen molar-refractivity contribution in [2.45, 2.75) is 19.3 Å². The van der Waals surface area contributed by atoms with Gasteiger partial charge in [-0.3, -0.25) is 9.59 Å². The van der Waals surface area contributed by atoms with E-state index in [1.165, 1.54) is 0 Å². The first-order valence-corrected chi connectivity index (χ1v) is 9.12. The molecule has 2 aliphatic rings. The molecule has 0 saturated carbocycles. The summed E-state index contributed by atoms with van der Waals surface area (Å²) in [5.41, 5.74) is 0.693. The van der Waals surface area contributed by atoms with Gasteiger partial charge in [-0.25, -0.2) is 0 Å². The standard InChI is InChI=1S/C19H27N3O4.ClH/c1-25-16-7-15(8-17(9-16)26-2)22-12-14(6-18(22)23)19(24)21-11-13-4-3-5-20-10-13;/h7-9,13-14,20H,3-6,10-12H2,1-2H3,(H,21,24);1H. The predicted molar refractivity (Wildman–Crippen MR) is 106 cm³/mol. The molecule has 2 heterocycles. The maximum Gasteiger partial charge on any atom is 0.227 e. The Labute approximate surface area is 166 Å². The Morgan fingerprint density at radius 1 is 1.26 bits per heavy atom. The summed E-state index contributed by atoms with van der Waals surface area (Å²) in [6.45, 7) is 3.05. The Morgan fingerprint density at radius 3 is 2.56 bits per heavy atom. The van der Waals surface area contributed by atoms with Gasteiger partial charge < -0.3 is 25.0 Å². The Balaban J connectivity index is 0.00000261. The van der Waals surface area contributed by atoms with E-state index >= 15 is 0 Å². The van der Waals surface area contributed by atoms with Gasteiger partial charge in [0.2, 0.25) is 11.8 Å². The van der Waals surface area contributed by atoms with Crippen LogP contribution in [-0.4, -0.2) is 52.2 Å². The number of carbonyl (C=O) groups is 2. The minimum Gasteiger partial charge on any atom is -0.497 e. The first-order valence-electron chi connectivity index (χ1n) is 9.12. The molecule has 150 valence electrons. The molecule has 2 saturated heterocycles. The van der Waals surface area contributed by atoms with E-state index in [1.807, 2.05) is 0 Å². The van der Waals surface area contributed by atoms with Crippen molar-refractivity contribution in [1.82, 2.24) is 10.6 Å². The van der Waals surface area contributed by atoms with Gasteiger partial charge in [0, 0.05) is 37.7 Å². The Bertz CT molecular complexity index is 642. The van der Waals surface area contributed by atoms with E-state index in [0.717, 1.165) is 25.9 Å². The van der Waals surface area contributed by atoms with Gasteiger partial charge in [-0.2, -0.15) is 0 Å². The smallest absolute Gasteiger partial charge is 0.227 e. The molecule has 0 spiro atoms. The maximum absolute atomic E-state index is 12.5. The minimum absolute atomic E-state index is 0. The van der Waals surface area contributed by atoms with E-state index in [9.17, 15) is 9.59 Å². The topological polar surface area (TPSA) is 79.9 Å². The Hall–Kier alpha value is -1.99. The predicted octanol–water partition coefficient (Wildman–Crippen LogP) is 1.59. The van der Waals surface area contributed by atoms with E-state index in [2.05, 4.69) is 10.6 Å². The lowest BCUT2D eigenvalue weighted by Gasteiger charge is -2.23. The molecule has 2 amide bonds. The van der Waals surface area contributed by atoms with Crippen LogP contribution in [0, 0.1) is 11.8 Å². The second-order valence-electron chi connectivity index (χ2n) is 6.93. The molecule has 7 nitrogen and oxygen atoms in total. The number of carbonyl (C=O) groups excluding carboxylic acids is 2. The number of ether oxygens (including phenoxy) is 2. The molecular formula is C19H28ClN3O4. The second-order valence-corrected chi connectivity index (χ2v) is 6.93.